The van der Waals surface area contributed by atoms with Crippen molar-refractivity contribution in [3.8, 4) is 0 Å². The molecule has 0 bridgehead atoms. The van der Waals surface area contributed by atoms with Crippen LogP contribution in [-0.4, -0.2) is 16.5 Å². The Morgan fingerprint density at radius 1 is 1.37 bits per heavy atom. The molecule has 0 fully saturated rings. The maximum absolute atomic E-state index is 6.11. The van der Waals surface area contributed by atoms with Gasteiger partial charge in [-0.15, -0.1) is 0 Å². The Labute approximate surface area is 125 Å². The van der Waals surface area contributed by atoms with Gasteiger partial charge >= 0.3 is 0 Å². The van der Waals surface area contributed by atoms with E-state index in [1.54, 1.807) is 6.20 Å². The lowest BCUT2D eigenvalue weighted by Gasteiger charge is -2.11. The minimum Gasteiger partial charge on any atom is -0.354 e. The highest BCUT2D eigenvalue weighted by atomic mass is 79.9. The van der Waals surface area contributed by atoms with Gasteiger partial charge in [-0.1, -0.05) is 23.7 Å². The predicted octanol–water partition coefficient (Wildman–Crippen LogP) is 4.38. The van der Waals surface area contributed by atoms with Crippen molar-refractivity contribution >= 4 is 45.0 Å². The van der Waals surface area contributed by atoms with Crippen molar-refractivity contribution < 1.29 is 0 Å². The summed E-state index contributed by atoms with van der Waals surface area (Å²) in [7, 11) is 0. The van der Waals surface area contributed by atoms with Crippen LogP contribution in [0.25, 0.3) is 0 Å². The Hall–Kier alpha value is -1.33. The molecule has 0 radical (unpaired) electrons. The molecule has 2 aromatic rings. The molecule has 0 amide bonds. The average molecular weight is 342 g/mol. The van der Waals surface area contributed by atoms with Crippen LogP contribution in [0, 0.1) is 6.92 Å². The minimum atomic E-state index is 0.482. The Bertz CT molecular complexity index is 589. The molecule has 1 aromatic heterocycles. The second-order valence-electron chi connectivity index (χ2n) is 3.98. The van der Waals surface area contributed by atoms with Crippen LogP contribution in [0.15, 0.2) is 28.9 Å². The second kappa shape index (κ2) is 6.21. The fourth-order valence-electron chi connectivity index (χ4n) is 1.57. The van der Waals surface area contributed by atoms with Crippen molar-refractivity contribution in [2.45, 2.75) is 13.8 Å². The van der Waals surface area contributed by atoms with Crippen LogP contribution < -0.4 is 10.6 Å². The molecule has 0 aliphatic carbocycles. The number of aromatic nitrogens is 2. The monoisotopic (exact) mass is 340 g/mol. The zero-order valence-electron chi connectivity index (χ0n) is 10.7. The minimum absolute atomic E-state index is 0.482. The first-order valence-corrected chi connectivity index (χ1v) is 7.07. The SMILES string of the molecule is CCNc1ncc(Cl)c(Nc2cccc(C)c2Br)n1. The van der Waals surface area contributed by atoms with Gasteiger partial charge in [0, 0.05) is 11.0 Å². The summed E-state index contributed by atoms with van der Waals surface area (Å²) in [5.74, 6) is 1.14. The van der Waals surface area contributed by atoms with E-state index in [-0.39, 0.29) is 0 Å². The largest absolute Gasteiger partial charge is 0.354 e. The third-order valence-electron chi connectivity index (χ3n) is 2.52. The number of hydrogen-bond acceptors (Lipinski definition) is 4. The van der Waals surface area contributed by atoms with Crippen molar-refractivity contribution in [1.29, 1.82) is 0 Å². The molecule has 4 nitrogen and oxygen atoms in total. The third-order valence-corrected chi connectivity index (χ3v) is 3.85. The van der Waals surface area contributed by atoms with Crippen LogP contribution >= 0.6 is 27.5 Å². The molecule has 0 saturated heterocycles. The standard InChI is InChI=1S/C13H14BrClN4/c1-3-16-13-17-7-9(15)12(19-13)18-10-6-4-5-8(2)11(10)14/h4-7H,3H2,1-2H3,(H2,16,17,18,19). The second-order valence-corrected chi connectivity index (χ2v) is 5.18. The topological polar surface area (TPSA) is 49.8 Å². The van der Waals surface area contributed by atoms with E-state index in [0.717, 1.165) is 22.3 Å². The van der Waals surface area contributed by atoms with Crippen molar-refractivity contribution in [3.05, 3.63) is 39.5 Å². The highest BCUT2D eigenvalue weighted by Gasteiger charge is 2.08. The zero-order chi connectivity index (χ0) is 13.8. The molecule has 100 valence electrons. The van der Waals surface area contributed by atoms with Crippen LogP contribution in [0.3, 0.4) is 0 Å². The summed E-state index contributed by atoms with van der Waals surface area (Å²) in [6.07, 6.45) is 1.58. The molecule has 0 spiro atoms. The van der Waals surface area contributed by atoms with Crippen LogP contribution in [0.5, 0.6) is 0 Å². The number of nitrogens with zero attached hydrogens (tertiary/aromatic N) is 2. The predicted molar refractivity (Wildman–Crippen MR) is 83.4 cm³/mol. The molecule has 2 N–H and O–H groups in total. The summed E-state index contributed by atoms with van der Waals surface area (Å²) in [6.45, 7) is 4.78. The molecular formula is C13H14BrClN4. The summed E-state index contributed by atoms with van der Waals surface area (Å²) in [5, 5.41) is 6.75. The van der Waals surface area contributed by atoms with Gasteiger partial charge in [0.2, 0.25) is 5.95 Å². The van der Waals surface area contributed by atoms with E-state index in [9.17, 15) is 0 Å². The molecule has 0 atom stereocenters. The third kappa shape index (κ3) is 3.36. The fourth-order valence-corrected chi connectivity index (χ4v) is 2.07. The first kappa shape index (κ1) is 14.1. The van der Waals surface area contributed by atoms with Gasteiger partial charge < -0.3 is 10.6 Å². The summed E-state index contributed by atoms with van der Waals surface area (Å²) >= 11 is 9.65. The molecule has 0 saturated carbocycles. The van der Waals surface area contributed by atoms with Crippen LogP contribution in [-0.2, 0) is 0 Å². The van der Waals surface area contributed by atoms with Gasteiger partial charge in [-0.25, -0.2) is 4.98 Å². The first-order chi connectivity index (χ1) is 9.11. The van der Waals surface area contributed by atoms with Crippen molar-refractivity contribution in [2.75, 3.05) is 17.2 Å². The van der Waals surface area contributed by atoms with E-state index in [2.05, 4.69) is 36.5 Å². The van der Waals surface area contributed by atoms with E-state index >= 15 is 0 Å². The zero-order valence-corrected chi connectivity index (χ0v) is 13.0. The lowest BCUT2D eigenvalue weighted by Crippen LogP contribution is -2.04. The lowest BCUT2D eigenvalue weighted by atomic mass is 10.2. The smallest absolute Gasteiger partial charge is 0.224 e. The number of nitrogens with one attached hydrogen (secondary N) is 2. The Kier molecular flexibility index (Phi) is 4.61. The molecule has 0 unspecified atom stereocenters. The highest BCUT2D eigenvalue weighted by molar-refractivity contribution is 9.10. The number of halogens is 2. The quantitative estimate of drug-likeness (QED) is 0.866. The normalized spacial score (nSPS) is 10.3. The summed E-state index contributed by atoms with van der Waals surface area (Å²) in [4.78, 5) is 8.45. The molecule has 6 heteroatoms. The average Bonchev–Trinajstić information content (AvgIpc) is 2.39. The molecule has 1 aromatic carbocycles. The van der Waals surface area contributed by atoms with Gasteiger partial charge in [-0.2, -0.15) is 4.98 Å². The molecule has 1 heterocycles. The van der Waals surface area contributed by atoms with Gasteiger partial charge in [0.15, 0.2) is 5.82 Å². The lowest BCUT2D eigenvalue weighted by molar-refractivity contribution is 1.09. The Balaban J connectivity index is 2.32. The Morgan fingerprint density at radius 3 is 2.89 bits per heavy atom. The first-order valence-electron chi connectivity index (χ1n) is 5.90. The van der Waals surface area contributed by atoms with Crippen LogP contribution in [0.1, 0.15) is 12.5 Å². The number of hydrogen-bond donors (Lipinski definition) is 2. The summed E-state index contributed by atoms with van der Waals surface area (Å²) in [5.41, 5.74) is 2.06. The molecular weight excluding hydrogens is 328 g/mol. The maximum Gasteiger partial charge on any atom is 0.224 e. The summed E-state index contributed by atoms with van der Waals surface area (Å²) in [6, 6.07) is 5.96. The maximum atomic E-state index is 6.11. The van der Waals surface area contributed by atoms with E-state index in [1.165, 1.54) is 0 Å². The van der Waals surface area contributed by atoms with E-state index in [1.807, 2.05) is 32.0 Å². The van der Waals surface area contributed by atoms with Crippen LogP contribution in [0.4, 0.5) is 17.5 Å². The Morgan fingerprint density at radius 2 is 2.16 bits per heavy atom. The molecule has 2 rings (SSSR count). The number of anilines is 3. The van der Waals surface area contributed by atoms with Gasteiger partial charge in [0.05, 0.1) is 11.9 Å². The highest BCUT2D eigenvalue weighted by Crippen LogP contribution is 2.30. The van der Waals surface area contributed by atoms with Crippen molar-refractivity contribution in [3.63, 3.8) is 0 Å². The molecule has 19 heavy (non-hydrogen) atoms. The van der Waals surface area contributed by atoms with Crippen molar-refractivity contribution in [1.82, 2.24) is 9.97 Å². The van der Waals surface area contributed by atoms with Gasteiger partial charge in [-0.05, 0) is 41.4 Å². The fraction of sp³-hybridized carbons (Fsp3) is 0.231. The van der Waals surface area contributed by atoms with Crippen molar-refractivity contribution in [2.24, 2.45) is 0 Å². The number of benzene rings is 1. The molecule has 0 aliphatic rings. The van der Waals surface area contributed by atoms with Gasteiger partial charge in [0.1, 0.15) is 5.02 Å². The van der Waals surface area contributed by atoms with Gasteiger partial charge in [0.25, 0.3) is 0 Å². The number of aryl methyl sites for hydroxylation is 1. The van der Waals surface area contributed by atoms with E-state index in [4.69, 9.17) is 11.6 Å². The molecule has 0 aliphatic heterocycles. The van der Waals surface area contributed by atoms with Gasteiger partial charge in [-0.3, -0.25) is 0 Å². The van der Waals surface area contributed by atoms with E-state index < -0.39 is 0 Å². The number of rotatable bonds is 4. The van der Waals surface area contributed by atoms with E-state index in [0.29, 0.717) is 16.8 Å². The summed E-state index contributed by atoms with van der Waals surface area (Å²) < 4.78 is 0.995. The van der Waals surface area contributed by atoms with Crippen LogP contribution in [0.2, 0.25) is 5.02 Å².